The zero-order valence-corrected chi connectivity index (χ0v) is 10.6. The lowest BCUT2D eigenvalue weighted by molar-refractivity contribution is 1.26. The van der Waals surface area contributed by atoms with Gasteiger partial charge < -0.3 is 0 Å². The number of rotatable bonds is 0. The second-order valence-corrected chi connectivity index (χ2v) is 4.84. The maximum atomic E-state index is 4.78. The van der Waals surface area contributed by atoms with Crippen LogP contribution in [0.4, 0.5) is 0 Å². The monoisotopic (exact) mass is 244 g/mol. The molecule has 0 saturated carbocycles. The average molecular weight is 244 g/mol. The van der Waals surface area contributed by atoms with Crippen LogP contribution < -0.4 is 0 Å². The Morgan fingerprint density at radius 3 is 2.37 bits per heavy atom. The van der Waals surface area contributed by atoms with E-state index in [2.05, 4.69) is 35.3 Å². The third-order valence-electron chi connectivity index (χ3n) is 3.49. The lowest BCUT2D eigenvalue weighted by Gasteiger charge is -2.05. The summed E-state index contributed by atoms with van der Waals surface area (Å²) in [5.41, 5.74) is 4.02. The van der Waals surface area contributed by atoms with E-state index in [1.165, 1.54) is 5.39 Å². The van der Waals surface area contributed by atoms with E-state index < -0.39 is 0 Å². The fraction of sp³-hybridized carbons (Fsp3) is 0.0588. The number of hydrogen-bond acceptors (Lipinski definition) is 2. The minimum Gasteiger partial charge on any atom is -0.251 e. The summed E-state index contributed by atoms with van der Waals surface area (Å²) in [6.07, 6.45) is 0. The Morgan fingerprint density at radius 2 is 1.42 bits per heavy atom. The van der Waals surface area contributed by atoms with Crippen LogP contribution in [-0.2, 0) is 0 Å². The predicted molar refractivity (Wildman–Crippen MR) is 79.3 cm³/mol. The number of para-hydroxylation sites is 1. The van der Waals surface area contributed by atoms with Crippen molar-refractivity contribution in [3.63, 3.8) is 0 Å². The van der Waals surface area contributed by atoms with E-state index in [1.54, 1.807) is 0 Å². The number of fused-ring (bicyclic) bond motifs is 4. The summed E-state index contributed by atoms with van der Waals surface area (Å²) in [5, 5.41) is 3.45. The van der Waals surface area contributed by atoms with Crippen LogP contribution in [0.25, 0.3) is 32.7 Å². The van der Waals surface area contributed by atoms with Crippen LogP contribution in [0.3, 0.4) is 0 Å². The average Bonchev–Trinajstić information content (AvgIpc) is 2.45. The number of aryl methyl sites for hydroxylation is 1. The third kappa shape index (κ3) is 1.57. The fourth-order valence-corrected chi connectivity index (χ4v) is 2.52. The fourth-order valence-electron chi connectivity index (χ4n) is 2.52. The molecule has 4 rings (SSSR count). The van der Waals surface area contributed by atoms with Crippen LogP contribution in [-0.4, -0.2) is 9.97 Å². The zero-order chi connectivity index (χ0) is 12.8. The van der Waals surface area contributed by atoms with Crippen LogP contribution in [0.15, 0.2) is 54.6 Å². The van der Waals surface area contributed by atoms with E-state index in [4.69, 9.17) is 4.98 Å². The van der Waals surface area contributed by atoms with Gasteiger partial charge in [0.05, 0.1) is 16.6 Å². The van der Waals surface area contributed by atoms with Gasteiger partial charge in [-0.2, -0.15) is 0 Å². The molecule has 2 aromatic carbocycles. The van der Waals surface area contributed by atoms with E-state index in [1.807, 2.05) is 31.2 Å². The molecule has 0 atom stereocenters. The van der Waals surface area contributed by atoms with Crippen molar-refractivity contribution in [2.45, 2.75) is 6.92 Å². The Labute approximate surface area is 110 Å². The van der Waals surface area contributed by atoms with Gasteiger partial charge in [0.1, 0.15) is 0 Å². The second-order valence-electron chi connectivity index (χ2n) is 4.84. The number of aromatic nitrogens is 2. The molecule has 19 heavy (non-hydrogen) atoms. The maximum absolute atomic E-state index is 4.78. The minimum atomic E-state index is 0.986. The molecule has 0 aliphatic heterocycles. The highest BCUT2D eigenvalue weighted by Gasteiger charge is 2.05. The van der Waals surface area contributed by atoms with E-state index in [9.17, 15) is 0 Å². The molecule has 4 aromatic rings. The summed E-state index contributed by atoms with van der Waals surface area (Å²) < 4.78 is 0. The topological polar surface area (TPSA) is 25.8 Å². The van der Waals surface area contributed by atoms with Gasteiger partial charge in [0.2, 0.25) is 0 Å². The largest absolute Gasteiger partial charge is 0.251 e. The van der Waals surface area contributed by atoms with Crippen molar-refractivity contribution < 1.29 is 0 Å². The number of nitrogens with zero attached hydrogens (tertiary/aromatic N) is 2. The Hall–Kier alpha value is -2.48. The van der Waals surface area contributed by atoms with Gasteiger partial charge in [-0.25, -0.2) is 4.98 Å². The SMILES string of the molecule is Cc1ccc2ccc3cc4ccccc4nc3c2n1. The molecule has 0 radical (unpaired) electrons. The predicted octanol–water partition coefficient (Wildman–Crippen LogP) is 4.24. The number of pyridine rings is 2. The van der Waals surface area contributed by atoms with Crippen LogP contribution in [0.1, 0.15) is 5.69 Å². The van der Waals surface area contributed by atoms with Gasteiger partial charge in [-0.1, -0.05) is 36.4 Å². The highest BCUT2D eigenvalue weighted by Crippen LogP contribution is 2.25. The molecular weight excluding hydrogens is 232 g/mol. The van der Waals surface area contributed by atoms with E-state index in [0.29, 0.717) is 0 Å². The summed E-state index contributed by atoms with van der Waals surface area (Å²) in [5.74, 6) is 0. The van der Waals surface area contributed by atoms with E-state index >= 15 is 0 Å². The summed E-state index contributed by atoms with van der Waals surface area (Å²) in [4.78, 5) is 9.43. The van der Waals surface area contributed by atoms with Crippen molar-refractivity contribution in [2.75, 3.05) is 0 Å². The van der Waals surface area contributed by atoms with Gasteiger partial charge in [0, 0.05) is 21.9 Å². The highest BCUT2D eigenvalue weighted by molar-refractivity contribution is 6.06. The van der Waals surface area contributed by atoms with Gasteiger partial charge in [-0.05, 0) is 25.1 Å². The Morgan fingerprint density at radius 1 is 0.684 bits per heavy atom. The van der Waals surface area contributed by atoms with Crippen molar-refractivity contribution in [1.82, 2.24) is 9.97 Å². The molecule has 0 unspecified atom stereocenters. The van der Waals surface area contributed by atoms with Crippen molar-refractivity contribution in [3.05, 3.63) is 60.3 Å². The van der Waals surface area contributed by atoms with Crippen LogP contribution in [0.5, 0.6) is 0 Å². The molecule has 0 fully saturated rings. The summed E-state index contributed by atoms with van der Waals surface area (Å²) in [6.45, 7) is 2.01. The Kier molecular flexibility index (Phi) is 2.06. The van der Waals surface area contributed by atoms with Crippen molar-refractivity contribution in [2.24, 2.45) is 0 Å². The van der Waals surface area contributed by atoms with Crippen LogP contribution >= 0.6 is 0 Å². The van der Waals surface area contributed by atoms with Crippen LogP contribution in [0, 0.1) is 6.92 Å². The molecule has 0 aliphatic rings. The molecule has 0 bridgehead atoms. The van der Waals surface area contributed by atoms with Gasteiger partial charge in [0.15, 0.2) is 0 Å². The molecule has 2 heterocycles. The quantitative estimate of drug-likeness (QED) is 0.341. The summed E-state index contributed by atoms with van der Waals surface area (Å²) in [7, 11) is 0. The number of hydrogen-bond donors (Lipinski definition) is 0. The first-order chi connectivity index (χ1) is 9.31. The smallest absolute Gasteiger partial charge is 0.0972 e. The van der Waals surface area contributed by atoms with E-state index in [0.717, 1.165) is 33.0 Å². The lowest BCUT2D eigenvalue weighted by Crippen LogP contribution is -1.88. The normalized spacial score (nSPS) is 11.4. The van der Waals surface area contributed by atoms with Gasteiger partial charge in [0.25, 0.3) is 0 Å². The standard InChI is InChI=1S/C17H12N2/c1-11-6-7-12-8-9-14-10-13-4-2-3-5-15(13)19-17(14)16(12)18-11/h2-10H,1H3. The first-order valence-corrected chi connectivity index (χ1v) is 6.37. The molecule has 2 heteroatoms. The van der Waals surface area contributed by atoms with Gasteiger partial charge in [-0.3, -0.25) is 4.98 Å². The maximum Gasteiger partial charge on any atom is 0.0972 e. The molecule has 0 amide bonds. The minimum absolute atomic E-state index is 0.986. The lowest BCUT2D eigenvalue weighted by atomic mass is 10.1. The highest BCUT2D eigenvalue weighted by atomic mass is 14.8. The molecule has 0 aliphatic carbocycles. The summed E-state index contributed by atoms with van der Waals surface area (Å²) >= 11 is 0. The molecule has 2 nitrogen and oxygen atoms in total. The molecule has 2 aromatic heterocycles. The van der Waals surface area contributed by atoms with E-state index in [-0.39, 0.29) is 0 Å². The van der Waals surface area contributed by atoms with Crippen LogP contribution in [0.2, 0.25) is 0 Å². The first-order valence-electron chi connectivity index (χ1n) is 6.37. The zero-order valence-electron chi connectivity index (χ0n) is 10.6. The van der Waals surface area contributed by atoms with Crippen molar-refractivity contribution in [3.8, 4) is 0 Å². The van der Waals surface area contributed by atoms with Crippen molar-refractivity contribution >= 4 is 32.7 Å². The van der Waals surface area contributed by atoms with Gasteiger partial charge in [-0.15, -0.1) is 0 Å². The molecule has 0 saturated heterocycles. The Balaban J connectivity index is 2.25. The molecular formula is C17H12N2. The summed E-state index contributed by atoms with van der Waals surface area (Å²) in [6, 6.07) is 18.8. The number of benzene rings is 2. The van der Waals surface area contributed by atoms with Gasteiger partial charge >= 0.3 is 0 Å². The molecule has 90 valence electrons. The van der Waals surface area contributed by atoms with Crippen molar-refractivity contribution in [1.29, 1.82) is 0 Å². The Bertz CT molecular complexity index is 926. The third-order valence-corrected chi connectivity index (χ3v) is 3.49. The molecule has 0 spiro atoms. The first kappa shape index (κ1) is 10.4. The molecule has 0 N–H and O–H groups in total. The second kappa shape index (κ2) is 3.75.